The van der Waals surface area contributed by atoms with Crippen LogP contribution in [0, 0.1) is 0 Å². The number of rotatable bonds is 3. The quantitative estimate of drug-likeness (QED) is 0.630. The SMILES string of the molecule is Nc1ccc2[nH]cc(S(=O)(=O)Nc3cnccn3)c2c1. The molecule has 2 aromatic heterocycles. The molecule has 0 bridgehead atoms. The first-order chi connectivity index (χ1) is 9.56. The number of nitrogen functional groups attached to an aromatic ring is 1. The number of hydrogen-bond donors (Lipinski definition) is 3. The third kappa shape index (κ3) is 2.16. The Hall–Kier alpha value is -2.61. The Morgan fingerprint density at radius 3 is 2.85 bits per heavy atom. The number of nitrogens with one attached hydrogen (secondary N) is 2. The Bertz CT molecular complexity index is 858. The van der Waals surface area contributed by atoms with Crippen LogP contribution in [0.4, 0.5) is 11.5 Å². The minimum absolute atomic E-state index is 0.116. The summed E-state index contributed by atoms with van der Waals surface area (Å²) in [5.74, 6) is 0.158. The van der Waals surface area contributed by atoms with Gasteiger partial charge >= 0.3 is 0 Å². The summed E-state index contributed by atoms with van der Waals surface area (Å²) in [6, 6.07) is 5.04. The van der Waals surface area contributed by atoms with Gasteiger partial charge in [-0.15, -0.1) is 0 Å². The van der Waals surface area contributed by atoms with Crippen molar-refractivity contribution in [2.75, 3.05) is 10.5 Å². The number of sulfonamides is 1. The van der Waals surface area contributed by atoms with Gasteiger partial charge in [-0.3, -0.25) is 9.71 Å². The molecule has 0 saturated carbocycles. The van der Waals surface area contributed by atoms with Gasteiger partial charge in [0.2, 0.25) is 0 Å². The van der Waals surface area contributed by atoms with Crippen LogP contribution in [0.5, 0.6) is 0 Å². The normalized spacial score (nSPS) is 11.6. The summed E-state index contributed by atoms with van der Waals surface area (Å²) in [6.45, 7) is 0. The number of anilines is 2. The fourth-order valence-corrected chi connectivity index (χ4v) is 3.04. The van der Waals surface area contributed by atoms with Crippen molar-refractivity contribution in [3.8, 4) is 0 Å². The second-order valence-electron chi connectivity index (χ2n) is 4.15. The summed E-state index contributed by atoms with van der Waals surface area (Å²) in [5.41, 5.74) is 6.88. The predicted octanol–water partition coefficient (Wildman–Crippen LogP) is 1.34. The van der Waals surface area contributed by atoms with Gasteiger partial charge in [0, 0.05) is 35.2 Å². The molecule has 2 heterocycles. The van der Waals surface area contributed by atoms with Gasteiger partial charge in [-0.2, -0.15) is 0 Å². The number of hydrogen-bond acceptors (Lipinski definition) is 5. The minimum Gasteiger partial charge on any atom is -0.399 e. The molecule has 7 nitrogen and oxygen atoms in total. The van der Waals surface area contributed by atoms with Crippen molar-refractivity contribution in [2.45, 2.75) is 4.90 Å². The molecule has 0 radical (unpaired) electrons. The molecule has 1 aromatic carbocycles. The smallest absolute Gasteiger partial charge is 0.265 e. The highest BCUT2D eigenvalue weighted by molar-refractivity contribution is 7.93. The van der Waals surface area contributed by atoms with E-state index in [-0.39, 0.29) is 10.7 Å². The molecule has 0 spiro atoms. The van der Waals surface area contributed by atoms with E-state index < -0.39 is 10.0 Å². The molecule has 0 unspecified atom stereocenters. The fraction of sp³-hybridized carbons (Fsp3) is 0. The molecule has 0 saturated heterocycles. The van der Waals surface area contributed by atoms with E-state index in [2.05, 4.69) is 19.7 Å². The molecule has 0 amide bonds. The van der Waals surface area contributed by atoms with Gasteiger partial charge in [0.05, 0.1) is 6.20 Å². The highest BCUT2D eigenvalue weighted by Gasteiger charge is 2.19. The summed E-state index contributed by atoms with van der Waals surface area (Å²) in [6.07, 6.45) is 5.62. The maximum atomic E-state index is 12.3. The molecule has 20 heavy (non-hydrogen) atoms. The topological polar surface area (TPSA) is 114 Å². The van der Waals surface area contributed by atoms with Crippen LogP contribution < -0.4 is 10.5 Å². The molecular formula is C12H11N5O2S. The van der Waals surface area contributed by atoms with Crippen molar-refractivity contribution >= 4 is 32.4 Å². The maximum Gasteiger partial charge on any atom is 0.265 e. The Balaban J connectivity index is 2.08. The van der Waals surface area contributed by atoms with Gasteiger partial charge in [-0.05, 0) is 18.2 Å². The van der Waals surface area contributed by atoms with E-state index in [9.17, 15) is 8.42 Å². The zero-order valence-corrected chi connectivity index (χ0v) is 11.1. The third-order valence-electron chi connectivity index (χ3n) is 2.76. The van der Waals surface area contributed by atoms with Crippen molar-refractivity contribution < 1.29 is 8.42 Å². The summed E-state index contributed by atoms with van der Waals surface area (Å²) in [5, 5.41) is 0.529. The zero-order valence-electron chi connectivity index (χ0n) is 10.2. The number of aromatic nitrogens is 3. The predicted molar refractivity (Wildman–Crippen MR) is 75.6 cm³/mol. The molecule has 0 aliphatic rings. The van der Waals surface area contributed by atoms with Crippen LogP contribution in [-0.4, -0.2) is 23.4 Å². The molecule has 3 aromatic rings. The van der Waals surface area contributed by atoms with Crippen molar-refractivity contribution in [1.29, 1.82) is 0 Å². The molecule has 0 aliphatic carbocycles. The molecular weight excluding hydrogens is 278 g/mol. The zero-order chi connectivity index (χ0) is 14.2. The van der Waals surface area contributed by atoms with Crippen molar-refractivity contribution in [1.82, 2.24) is 15.0 Å². The van der Waals surface area contributed by atoms with Crippen LogP contribution >= 0.6 is 0 Å². The maximum absolute atomic E-state index is 12.3. The number of benzene rings is 1. The molecule has 8 heteroatoms. The van der Waals surface area contributed by atoms with E-state index in [1.165, 1.54) is 24.8 Å². The lowest BCUT2D eigenvalue weighted by Crippen LogP contribution is -2.13. The van der Waals surface area contributed by atoms with E-state index >= 15 is 0 Å². The van der Waals surface area contributed by atoms with Gasteiger partial charge in [-0.1, -0.05) is 0 Å². The second-order valence-corrected chi connectivity index (χ2v) is 5.80. The molecule has 0 atom stereocenters. The lowest BCUT2D eigenvalue weighted by Gasteiger charge is -2.05. The van der Waals surface area contributed by atoms with Gasteiger partial charge in [0.25, 0.3) is 10.0 Å². The number of nitrogens with zero attached hydrogens (tertiary/aromatic N) is 2. The Labute approximate surface area is 114 Å². The third-order valence-corrected chi connectivity index (χ3v) is 4.15. The second kappa shape index (κ2) is 4.49. The highest BCUT2D eigenvalue weighted by atomic mass is 32.2. The molecule has 3 rings (SSSR count). The summed E-state index contributed by atoms with van der Waals surface area (Å²) in [4.78, 5) is 10.7. The lowest BCUT2D eigenvalue weighted by atomic mass is 10.2. The summed E-state index contributed by atoms with van der Waals surface area (Å²) < 4.78 is 27.1. The van der Waals surface area contributed by atoms with Crippen LogP contribution in [0.15, 0.2) is 47.9 Å². The average molecular weight is 289 g/mol. The standard InChI is InChI=1S/C12H11N5O2S/c13-8-1-2-10-9(5-8)11(6-16-10)20(18,19)17-12-7-14-3-4-15-12/h1-7,16H,13H2,(H,15,17). The number of nitrogens with two attached hydrogens (primary N) is 1. The van der Waals surface area contributed by atoms with E-state index in [0.29, 0.717) is 16.6 Å². The van der Waals surface area contributed by atoms with Gasteiger partial charge < -0.3 is 10.7 Å². The Kier molecular flexibility index (Phi) is 2.79. The lowest BCUT2D eigenvalue weighted by molar-refractivity contribution is 0.602. The first-order valence-electron chi connectivity index (χ1n) is 5.72. The minimum atomic E-state index is -3.75. The largest absolute Gasteiger partial charge is 0.399 e. The van der Waals surface area contributed by atoms with Crippen molar-refractivity contribution in [3.63, 3.8) is 0 Å². The monoisotopic (exact) mass is 289 g/mol. The molecule has 4 N–H and O–H groups in total. The van der Waals surface area contributed by atoms with Crippen molar-refractivity contribution in [3.05, 3.63) is 43.0 Å². The first-order valence-corrected chi connectivity index (χ1v) is 7.20. The number of H-pyrrole nitrogens is 1. The Morgan fingerprint density at radius 1 is 1.25 bits per heavy atom. The van der Waals surface area contributed by atoms with Gasteiger partial charge in [0.1, 0.15) is 4.90 Å². The van der Waals surface area contributed by atoms with E-state index in [0.717, 1.165) is 0 Å². The number of aromatic amines is 1. The fourth-order valence-electron chi connectivity index (χ4n) is 1.88. The summed E-state index contributed by atoms with van der Waals surface area (Å²) >= 11 is 0. The average Bonchev–Trinajstić information content (AvgIpc) is 2.83. The van der Waals surface area contributed by atoms with Crippen LogP contribution in [0.25, 0.3) is 10.9 Å². The van der Waals surface area contributed by atoms with Crippen molar-refractivity contribution in [2.24, 2.45) is 0 Å². The van der Waals surface area contributed by atoms with Crippen LogP contribution in [0.2, 0.25) is 0 Å². The van der Waals surface area contributed by atoms with E-state index in [1.807, 2.05) is 0 Å². The number of fused-ring (bicyclic) bond motifs is 1. The van der Waals surface area contributed by atoms with E-state index in [1.54, 1.807) is 18.2 Å². The first kappa shape index (κ1) is 12.4. The van der Waals surface area contributed by atoms with Gasteiger partial charge in [-0.25, -0.2) is 13.4 Å². The molecule has 0 fully saturated rings. The van der Waals surface area contributed by atoms with E-state index in [4.69, 9.17) is 5.73 Å². The highest BCUT2D eigenvalue weighted by Crippen LogP contribution is 2.25. The molecule has 102 valence electrons. The van der Waals surface area contributed by atoms with Gasteiger partial charge in [0.15, 0.2) is 5.82 Å². The molecule has 0 aliphatic heterocycles. The Morgan fingerprint density at radius 2 is 2.10 bits per heavy atom. The summed E-state index contributed by atoms with van der Waals surface area (Å²) in [7, 11) is -3.75. The van der Waals surface area contributed by atoms with Crippen LogP contribution in [-0.2, 0) is 10.0 Å². The van der Waals surface area contributed by atoms with Crippen LogP contribution in [0.1, 0.15) is 0 Å². The van der Waals surface area contributed by atoms with Crippen LogP contribution in [0.3, 0.4) is 0 Å².